The second-order valence-corrected chi connectivity index (χ2v) is 5.73. The van der Waals surface area contributed by atoms with Gasteiger partial charge in [0.25, 0.3) is 5.91 Å². The van der Waals surface area contributed by atoms with Gasteiger partial charge in [0.15, 0.2) is 0 Å². The van der Waals surface area contributed by atoms with Crippen molar-refractivity contribution in [2.45, 2.75) is 6.04 Å². The summed E-state index contributed by atoms with van der Waals surface area (Å²) in [6.07, 6.45) is 0. The molecular weight excluding hydrogens is 325 g/mol. The van der Waals surface area contributed by atoms with Crippen LogP contribution in [-0.2, 0) is 0 Å². The Hall–Kier alpha value is -2.65. The van der Waals surface area contributed by atoms with Crippen LogP contribution in [-0.4, -0.2) is 5.91 Å². The first-order chi connectivity index (χ1) is 11.7. The third kappa shape index (κ3) is 3.47. The first-order valence-electron chi connectivity index (χ1n) is 7.51. The summed E-state index contributed by atoms with van der Waals surface area (Å²) in [4.78, 5) is 12.6. The zero-order valence-electron chi connectivity index (χ0n) is 12.7. The first kappa shape index (κ1) is 16.2. The second kappa shape index (κ2) is 7.28. The summed E-state index contributed by atoms with van der Waals surface area (Å²) in [5.74, 6) is -1.18. The number of carbonyl (C=O) groups is 1. The van der Waals surface area contributed by atoms with Gasteiger partial charge in [-0.2, -0.15) is 0 Å². The van der Waals surface area contributed by atoms with Crippen molar-refractivity contribution in [3.63, 3.8) is 0 Å². The third-order valence-electron chi connectivity index (χ3n) is 3.73. The van der Waals surface area contributed by atoms with Gasteiger partial charge in [-0.25, -0.2) is 4.39 Å². The maximum atomic E-state index is 14.0. The molecule has 0 bridgehead atoms. The second-order valence-electron chi connectivity index (χ2n) is 5.32. The molecule has 3 aromatic rings. The van der Waals surface area contributed by atoms with Gasteiger partial charge in [-0.1, -0.05) is 78.3 Å². The van der Waals surface area contributed by atoms with Gasteiger partial charge in [0.1, 0.15) is 5.82 Å². The lowest BCUT2D eigenvalue weighted by molar-refractivity contribution is 0.0939. The fraction of sp³-hybridized carbons (Fsp3) is 0.0500. The summed E-state index contributed by atoms with van der Waals surface area (Å²) in [6.45, 7) is 0. The van der Waals surface area contributed by atoms with Gasteiger partial charge in [-0.05, 0) is 23.3 Å². The van der Waals surface area contributed by atoms with Crippen molar-refractivity contribution in [3.05, 3.63) is 106 Å². The fourth-order valence-electron chi connectivity index (χ4n) is 2.57. The van der Waals surface area contributed by atoms with Crippen LogP contribution in [0.1, 0.15) is 27.5 Å². The maximum Gasteiger partial charge on any atom is 0.256 e. The quantitative estimate of drug-likeness (QED) is 0.712. The van der Waals surface area contributed by atoms with Crippen LogP contribution >= 0.6 is 11.6 Å². The molecule has 1 amide bonds. The van der Waals surface area contributed by atoms with Gasteiger partial charge >= 0.3 is 0 Å². The number of hydrogen-bond donors (Lipinski definition) is 1. The summed E-state index contributed by atoms with van der Waals surface area (Å²) in [5.41, 5.74) is 1.67. The van der Waals surface area contributed by atoms with Crippen LogP contribution in [0.25, 0.3) is 0 Å². The zero-order chi connectivity index (χ0) is 16.9. The molecule has 0 radical (unpaired) electrons. The van der Waals surface area contributed by atoms with E-state index < -0.39 is 17.8 Å². The molecule has 24 heavy (non-hydrogen) atoms. The average Bonchev–Trinajstić information content (AvgIpc) is 2.61. The lowest BCUT2D eigenvalue weighted by atomic mass is 9.98. The van der Waals surface area contributed by atoms with Crippen LogP contribution in [0.4, 0.5) is 4.39 Å². The van der Waals surface area contributed by atoms with Gasteiger partial charge in [0.2, 0.25) is 0 Å². The van der Waals surface area contributed by atoms with Crippen LogP contribution in [0.5, 0.6) is 0 Å². The highest BCUT2D eigenvalue weighted by Crippen LogP contribution is 2.24. The maximum absolute atomic E-state index is 14.0. The van der Waals surface area contributed by atoms with E-state index in [4.69, 9.17) is 11.6 Å². The molecule has 0 saturated carbocycles. The Labute approximate surface area is 144 Å². The summed E-state index contributed by atoms with van der Waals surface area (Å²) in [7, 11) is 0. The van der Waals surface area contributed by atoms with Gasteiger partial charge in [-0.3, -0.25) is 4.79 Å². The van der Waals surface area contributed by atoms with Gasteiger partial charge < -0.3 is 5.32 Å². The van der Waals surface area contributed by atoms with Crippen LogP contribution in [0.15, 0.2) is 78.9 Å². The highest BCUT2D eigenvalue weighted by Gasteiger charge is 2.21. The molecule has 0 aliphatic heterocycles. The molecule has 0 heterocycles. The molecule has 0 spiro atoms. The predicted octanol–water partition coefficient (Wildman–Crippen LogP) is 5.00. The smallest absolute Gasteiger partial charge is 0.256 e. The lowest BCUT2D eigenvalue weighted by Gasteiger charge is -2.20. The summed E-state index contributed by atoms with van der Waals surface area (Å²) >= 11 is 6.00. The Morgan fingerprint density at radius 2 is 1.38 bits per heavy atom. The largest absolute Gasteiger partial charge is 0.341 e. The van der Waals surface area contributed by atoms with Crippen molar-refractivity contribution in [1.29, 1.82) is 0 Å². The molecule has 4 heteroatoms. The minimum Gasteiger partial charge on any atom is -0.341 e. The van der Waals surface area contributed by atoms with Crippen molar-refractivity contribution in [1.82, 2.24) is 5.32 Å². The normalized spacial score (nSPS) is 10.6. The Morgan fingerprint density at radius 1 is 0.833 bits per heavy atom. The molecule has 0 aliphatic carbocycles. The van der Waals surface area contributed by atoms with E-state index in [-0.39, 0.29) is 10.6 Å². The Morgan fingerprint density at radius 3 is 1.88 bits per heavy atom. The predicted molar refractivity (Wildman–Crippen MR) is 93.6 cm³/mol. The number of hydrogen-bond acceptors (Lipinski definition) is 1. The van der Waals surface area contributed by atoms with Crippen molar-refractivity contribution in [2.24, 2.45) is 0 Å². The molecule has 3 rings (SSSR count). The van der Waals surface area contributed by atoms with E-state index in [1.807, 2.05) is 60.7 Å². The van der Waals surface area contributed by atoms with Gasteiger partial charge in [0.05, 0.1) is 16.6 Å². The number of halogens is 2. The fourth-order valence-corrected chi connectivity index (χ4v) is 2.82. The van der Waals surface area contributed by atoms with Gasteiger partial charge in [0, 0.05) is 0 Å². The molecule has 0 aliphatic rings. The van der Waals surface area contributed by atoms with Gasteiger partial charge in [-0.15, -0.1) is 0 Å². The Balaban J connectivity index is 1.97. The molecule has 0 saturated heterocycles. The van der Waals surface area contributed by atoms with E-state index in [2.05, 4.69) is 5.32 Å². The van der Waals surface area contributed by atoms with Crippen LogP contribution in [0.3, 0.4) is 0 Å². The van der Waals surface area contributed by atoms with E-state index in [9.17, 15) is 9.18 Å². The van der Waals surface area contributed by atoms with Crippen LogP contribution < -0.4 is 5.32 Å². The van der Waals surface area contributed by atoms with Crippen molar-refractivity contribution >= 4 is 17.5 Å². The topological polar surface area (TPSA) is 29.1 Å². The minimum atomic E-state index is -0.639. The van der Waals surface area contributed by atoms with E-state index >= 15 is 0 Å². The molecule has 0 fully saturated rings. The van der Waals surface area contributed by atoms with Crippen molar-refractivity contribution < 1.29 is 9.18 Å². The number of nitrogens with one attached hydrogen (secondary N) is 1. The third-order valence-corrected chi connectivity index (χ3v) is 4.05. The summed E-state index contributed by atoms with van der Waals surface area (Å²) in [6, 6.07) is 22.9. The van der Waals surface area contributed by atoms with E-state index in [0.717, 1.165) is 11.1 Å². The monoisotopic (exact) mass is 339 g/mol. The zero-order valence-corrected chi connectivity index (χ0v) is 13.5. The molecule has 120 valence electrons. The molecule has 1 N–H and O–H groups in total. The molecule has 0 atom stereocenters. The summed E-state index contributed by atoms with van der Waals surface area (Å²) in [5, 5.41) is 2.97. The summed E-state index contributed by atoms with van der Waals surface area (Å²) < 4.78 is 14.0. The SMILES string of the molecule is O=C(NC(c1ccccc1)c1ccccc1)c1c(F)cccc1Cl. The first-order valence-corrected chi connectivity index (χ1v) is 7.89. The molecule has 2 nitrogen and oxygen atoms in total. The molecule has 0 aromatic heterocycles. The van der Waals surface area contributed by atoms with Crippen LogP contribution in [0.2, 0.25) is 5.02 Å². The van der Waals surface area contributed by atoms with E-state index in [1.54, 1.807) is 0 Å². The highest BCUT2D eigenvalue weighted by atomic mass is 35.5. The number of amides is 1. The lowest BCUT2D eigenvalue weighted by Crippen LogP contribution is -2.30. The van der Waals surface area contributed by atoms with E-state index in [1.165, 1.54) is 18.2 Å². The minimum absolute atomic E-state index is 0.0902. The van der Waals surface area contributed by atoms with Crippen molar-refractivity contribution in [2.75, 3.05) is 0 Å². The number of benzene rings is 3. The van der Waals surface area contributed by atoms with E-state index in [0.29, 0.717) is 0 Å². The van der Waals surface area contributed by atoms with Crippen molar-refractivity contribution in [3.8, 4) is 0 Å². The number of rotatable bonds is 4. The Kier molecular flexibility index (Phi) is 4.92. The highest BCUT2D eigenvalue weighted by molar-refractivity contribution is 6.33. The Bertz CT molecular complexity index is 777. The van der Waals surface area contributed by atoms with Crippen LogP contribution in [0, 0.1) is 5.82 Å². The standard InChI is InChI=1S/C20H15ClFNO/c21-16-12-7-13-17(22)18(16)20(24)23-19(14-8-3-1-4-9-14)15-10-5-2-6-11-15/h1-13,19H,(H,23,24). The molecular formula is C20H15ClFNO. The number of carbonyl (C=O) groups excluding carboxylic acids is 1. The molecule has 0 unspecified atom stereocenters. The average molecular weight is 340 g/mol. The molecule has 3 aromatic carbocycles.